The summed E-state index contributed by atoms with van der Waals surface area (Å²) < 4.78 is 0. The largest absolute Gasteiger partial charge is 0.393 e. The van der Waals surface area contributed by atoms with Crippen LogP contribution in [0.3, 0.4) is 0 Å². The van der Waals surface area contributed by atoms with E-state index in [1.54, 1.807) is 0 Å². The molecule has 6 heteroatoms. The fourth-order valence-corrected chi connectivity index (χ4v) is 9.56. The number of Topliss-reactive ketones (excluding diaryl/α,β-unsaturated/α-hetero) is 3. The molecular formula is C57H110O6. The minimum absolute atomic E-state index is 0.0732. The molecule has 0 aromatic carbocycles. The van der Waals surface area contributed by atoms with E-state index in [1.165, 1.54) is 212 Å². The lowest BCUT2D eigenvalue weighted by Gasteiger charge is -2.39. The molecule has 2 atom stereocenters. The molecule has 374 valence electrons. The average Bonchev–Trinajstić information content (AvgIpc) is 3.29. The van der Waals surface area contributed by atoms with Gasteiger partial charge >= 0.3 is 0 Å². The maximum Gasteiger partial charge on any atom is 0.219 e. The molecule has 0 rings (SSSR count). The second-order valence-electron chi connectivity index (χ2n) is 20.1. The van der Waals surface area contributed by atoms with Crippen molar-refractivity contribution in [2.75, 3.05) is 6.61 Å². The monoisotopic (exact) mass is 891 g/mol. The van der Waals surface area contributed by atoms with Gasteiger partial charge in [-0.15, -0.1) is 0 Å². The van der Waals surface area contributed by atoms with Crippen LogP contribution in [-0.2, 0) is 14.4 Å². The summed E-state index contributed by atoms with van der Waals surface area (Å²) in [4.78, 5) is 41.3. The van der Waals surface area contributed by atoms with Crippen LogP contribution in [0.25, 0.3) is 0 Å². The van der Waals surface area contributed by atoms with E-state index >= 15 is 0 Å². The smallest absolute Gasteiger partial charge is 0.219 e. The predicted molar refractivity (Wildman–Crippen MR) is 271 cm³/mol. The van der Waals surface area contributed by atoms with Crippen LogP contribution >= 0.6 is 0 Å². The average molecular weight is 892 g/mol. The van der Waals surface area contributed by atoms with Gasteiger partial charge in [-0.1, -0.05) is 290 Å². The molecule has 0 aliphatic rings. The Labute approximate surface area is 392 Å². The summed E-state index contributed by atoms with van der Waals surface area (Å²) in [5, 5.41) is 34.2. The molecule has 0 bridgehead atoms. The second kappa shape index (κ2) is 46.0. The molecule has 0 fully saturated rings. The zero-order valence-corrected chi connectivity index (χ0v) is 42.7. The molecule has 0 aliphatic carbocycles. The lowest BCUT2D eigenvalue weighted by atomic mass is 9.71. The molecule has 6 nitrogen and oxygen atoms in total. The summed E-state index contributed by atoms with van der Waals surface area (Å²) in [5.41, 5.74) is -5.73. The summed E-state index contributed by atoms with van der Waals surface area (Å²) in [6.07, 6.45) is 53.1. The van der Waals surface area contributed by atoms with Crippen LogP contribution in [0.5, 0.6) is 0 Å². The van der Waals surface area contributed by atoms with Crippen molar-refractivity contribution in [1.82, 2.24) is 0 Å². The standard InChI is InChI=1S/C57H110O6/c1-4-7-10-13-16-19-22-25-27-28-30-32-34-37-40-43-46-49-53(59)56(62,52-58)57(63,54(60)50-47-44-41-38-35-31-24-21-18-15-12-9-6-3)55(61)51-48-45-42-39-36-33-29-26-23-20-17-14-11-8-5-2/h58,62-63H,4-52H2,1-3H3. The van der Waals surface area contributed by atoms with Crippen molar-refractivity contribution in [2.24, 2.45) is 0 Å². The Morgan fingerprint density at radius 1 is 0.270 bits per heavy atom. The van der Waals surface area contributed by atoms with E-state index in [-0.39, 0.29) is 19.3 Å². The van der Waals surface area contributed by atoms with Crippen molar-refractivity contribution in [3.63, 3.8) is 0 Å². The molecule has 63 heavy (non-hydrogen) atoms. The Kier molecular flexibility index (Phi) is 45.2. The zero-order chi connectivity index (χ0) is 46.4. The van der Waals surface area contributed by atoms with Gasteiger partial charge in [0.1, 0.15) is 0 Å². The lowest BCUT2D eigenvalue weighted by Crippen LogP contribution is -2.69. The Balaban J connectivity index is 4.83. The second-order valence-corrected chi connectivity index (χ2v) is 20.1. The van der Waals surface area contributed by atoms with Gasteiger partial charge in [0.15, 0.2) is 23.0 Å². The number of unbranched alkanes of at least 4 members (excludes halogenated alkanes) is 42. The summed E-state index contributed by atoms with van der Waals surface area (Å²) in [6, 6.07) is 0. The van der Waals surface area contributed by atoms with Gasteiger partial charge < -0.3 is 15.3 Å². The van der Waals surface area contributed by atoms with Gasteiger partial charge in [0.25, 0.3) is 0 Å². The van der Waals surface area contributed by atoms with E-state index in [0.29, 0.717) is 19.3 Å². The first kappa shape index (κ1) is 61.9. The number of aliphatic hydroxyl groups excluding tert-OH is 1. The van der Waals surface area contributed by atoms with Crippen LogP contribution < -0.4 is 0 Å². The van der Waals surface area contributed by atoms with E-state index in [0.717, 1.165) is 57.8 Å². The molecule has 3 N–H and O–H groups in total. The number of carbonyl (C=O) groups is 3. The highest BCUT2D eigenvalue weighted by Crippen LogP contribution is 2.32. The van der Waals surface area contributed by atoms with Gasteiger partial charge in [-0.25, -0.2) is 0 Å². The van der Waals surface area contributed by atoms with Crippen LogP contribution in [0.1, 0.15) is 329 Å². The van der Waals surface area contributed by atoms with Crippen molar-refractivity contribution in [3.8, 4) is 0 Å². The highest BCUT2D eigenvalue weighted by atomic mass is 16.4. The van der Waals surface area contributed by atoms with Crippen molar-refractivity contribution >= 4 is 17.3 Å². The lowest BCUT2D eigenvalue weighted by molar-refractivity contribution is -0.194. The van der Waals surface area contributed by atoms with E-state index < -0.39 is 35.2 Å². The number of aliphatic hydroxyl groups is 3. The zero-order valence-electron chi connectivity index (χ0n) is 42.7. The van der Waals surface area contributed by atoms with Crippen LogP contribution in [0.4, 0.5) is 0 Å². The summed E-state index contributed by atoms with van der Waals surface area (Å²) in [6.45, 7) is 5.63. The molecule has 0 saturated heterocycles. The van der Waals surface area contributed by atoms with Gasteiger partial charge in [-0.2, -0.15) is 0 Å². The van der Waals surface area contributed by atoms with E-state index in [2.05, 4.69) is 20.8 Å². The summed E-state index contributed by atoms with van der Waals surface area (Å²) in [7, 11) is 0. The van der Waals surface area contributed by atoms with E-state index in [4.69, 9.17) is 0 Å². The summed E-state index contributed by atoms with van der Waals surface area (Å²) >= 11 is 0. The molecule has 0 aliphatic heterocycles. The van der Waals surface area contributed by atoms with Crippen molar-refractivity contribution in [1.29, 1.82) is 0 Å². The Bertz CT molecular complexity index is 1010. The number of rotatable bonds is 53. The van der Waals surface area contributed by atoms with Gasteiger partial charge in [0.05, 0.1) is 6.61 Å². The SMILES string of the molecule is CCCCCCCCCCCCCCCCCCCC(=O)C(O)(CO)C(O)(C(=O)CCCCCCCCCCCCCCC)C(=O)CCCCCCCCCCCCCCCCC. The molecule has 0 aromatic rings. The highest BCUT2D eigenvalue weighted by Gasteiger charge is 2.62. The van der Waals surface area contributed by atoms with Gasteiger partial charge in [0, 0.05) is 19.3 Å². The quantitative estimate of drug-likeness (QED) is 0.0414. The maximum absolute atomic E-state index is 13.8. The number of ketones is 3. The maximum atomic E-state index is 13.8. The van der Waals surface area contributed by atoms with Crippen LogP contribution in [0, 0.1) is 0 Å². The van der Waals surface area contributed by atoms with Crippen molar-refractivity contribution in [3.05, 3.63) is 0 Å². The third kappa shape index (κ3) is 33.1. The molecule has 0 spiro atoms. The van der Waals surface area contributed by atoms with E-state index in [9.17, 15) is 29.7 Å². The van der Waals surface area contributed by atoms with Crippen LogP contribution in [0.15, 0.2) is 0 Å². The summed E-state index contributed by atoms with van der Waals surface area (Å²) in [5.74, 6) is -2.43. The number of hydrogen-bond donors (Lipinski definition) is 3. The van der Waals surface area contributed by atoms with Gasteiger partial charge in [0.2, 0.25) is 5.60 Å². The first-order chi connectivity index (χ1) is 30.8. The molecular weight excluding hydrogens is 781 g/mol. The molecule has 2 unspecified atom stereocenters. The fraction of sp³-hybridized carbons (Fsp3) is 0.947. The van der Waals surface area contributed by atoms with Gasteiger partial charge in [-0.3, -0.25) is 14.4 Å². The predicted octanol–water partition coefficient (Wildman–Crippen LogP) is 16.9. The van der Waals surface area contributed by atoms with Crippen molar-refractivity contribution in [2.45, 2.75) is 340 Å². The Morgan fingerprint density at radius 2 is 0.429 bits per heavy atom. The first-order valence-corrected chi connectivity index (χ1v) is 28.4. The topological polar surface area (TPSA) is 112 Å². The van der Waals surface area contributed by atoms with E-state index in [1.807, 2.05) is 0 Å². The van der Waals surface area contributed by atoms with Gasteiger partial charge in [-0.05, 0) is 19.3 Å². The Morgan fingerprint density at radius 3 is 0.603 bits per heavy atom. The molecule has 0 radical (unpaired) electrons. The minimum Gasteiger partial charge on any atom is -0.393 e. The van der Waals surface area contributed by atoms with Crippen LogP contribution in [0.2, 0.25) is 0 Å². The number of carbonyl (C=O) groups excluding carboxylic acids is 3. The molecule has 0 heterocycles. The molecule has 0 aromatic heterocycles. The van der Waals surface area contributed by atoms with Crippen molar-refractivity contribution < 1.29 is 29.7 Å². The minimum atomic E-state index is -2.92. The third-order valence-electron chi connectivity index (χ3n) is 14.1. The Hall–Kier alpha value is -1.11. The highest BCUT2D eigenvalue weighted by molar-refractivity contribution is 6.16. The fourth-order valence-electron chi connectivity index (χ4n) is 9.56. The van der Waals surface area contributed by atoms with Crippen LogP contribution in [-0.4, -0.2) is 50.5 Å². The number of hydrogen-bond acceptors (Lipinski definition) is 6. The normalized spacial score (nSPS) is 13.6. The third-order valence-corrected chi connectivity index (χ3v) is 14.1. The first-order valence-electron chi connectivity index (χ1n) is 28.4. The molecule has 0 amide bonds. The molecule has 0 saturated carbocycles.